The molecule has 1 saturated heterocycles. The van der Waals surface area contributed by atoms with Crippen LogP contribution in [0.5, 0.6) is 0 Å². The number of aliphatic hydroxyl groups is 1. The molecule has 2 unspecified atom stereocenters. The molecule has 0 saturated carbocycles. The first kappa shape index (κ1) is 12.7. The first-order valence-electron chi connectivity index (χ1n) is 5.66. The van der Waals surface area contributed by atoms with Gasteiger partial charge in [0, 0.05) is 19.6 Å². The standard InChI is InChI=1S/C11H15N3O4/c1-7-11(17,4-5-18-7)6-12-9-3-2-8(10(15)16)13-14-9/h2-3,7,17H,4-6H2,1H3,(H,12,14)(H,15,16). The molecule has 98 valence electrons. The van der Waals surface area contributed by atoms with Gasteiger partial charge in [0.05, 0.1) is 6.10 Å². The predicted octanol–water partition coefficient (Wildman–Crippen LogP) is 0.127. The van der Waals surface area contributed by atoms with Gasteiger partial charge in [0.1, 0.15) is 11.4 Å². The van der Waals surface area contributed by atoms with Crippen molar-refractivity contribution in [2.75, 3.05) is 18.5 Å². The van der Waals surface area contributed by atoms with Crippen molar-refractivity contribution >= 4 is 11.8 Å². The molecule has 1 aliphatic heterocycles. The van der Waals surface area contributed by atoms with Crippen LogP contribution in [0.25, 0.3) is 0 Å². The van der Waals surface area contributed by atoms with Crippen molar-refractivity contribution < 1.29 is 19.7 Å². The molecule has 0 radical (unpaired) electrons. The normalized spacial score (nSPS) is 27.1. The highest BCUT2D eigenvalue weighted by atomic mass is 16.5. The van der Waals surface area contributed by atoms with E-state index in [4.69, 9.17) is 9.84 Å². The van der Waals surface area contributed by atoms with Gasteiger partial charge in [-0.25, -0.2) is 4.79 Å². The molecule has 0 spiro atoms. The number of aromatic carboxylic acids is 1. The SMILES string of the molecule is CC1OCCC1(O)CNc1ccc(C(=O)O)nn1. The second-order valence-corrected chi connectivity index (χ2v) is 4.33. The van der Waals surface area contributed by atoms with E-state index in [1.807, 2.05) is 6.92 Å². The van der Waals surface area contributed by atoms with E-state index in [0.717, 1.165) is 0 Å². The summed E-state index contributed by atoms with van der Waals surface area (Å²) in [6.45, 7) is 2.63. The number of nitrogens with zero attached hydrogens (tertiary/aromatic N) is 2. The van der Waals surface area contributed by atoms with Crippen LogP contribution in [-0.4, -0.2) is 51.2 Å². The average molecular weight is 253 g/mol. The minimum atomic E-state index is -1.12. The molecule has 0 bridgehead atoms. The van der Waals surface area contributed by atoms with Crippen molar-refractivity contribution in [2.45, 2.75) is 25.0 Å². The number of carbonyl (C=O) groups is 1. The summed E-state index contributed by atoms with van der Waals surface area (Å²) in [5, 5.41) is 29.1. The fraction of sp³-hybridized carbons (Fsp3) is 0.545. The van der Waals surface area contributed by atoms with Crippen molar-refractivity contribution in [2.24, 2.45) is 0 Å². The Morgan fingerprint density at radius 3 is 2.89 bits per heavy atom. The number of nitrogens with one attached hydrogen (secondary N) is 1. The molecule has 7 heteroatoms. The van der Waals surface area contributed by atoms with Crippen LogP contribution in [-0.2, 0) is 4.74 Å². The van der Waals surface area contributed by atoms with E-state index in [1.165, 1.54) is 12.1 Å². The Kier molecular flexibility index (Phi) is 3.44. The van der Waals surface area contributed by atoms with Crippen LogP contribution >= 0.6 is 0 Å². The zero-order valence-corrected chi connectivity index (χ0v) is 9.96. The molecule has 0 aliphatic carbocycles. The largest absolute Gasteiger partial charge is 0.476 e. The minimum Gasteiger partial charge on any atom is -0.476 e. The van der Waals surface area contributed by atoms with Crippen molar-refractivity contribution in [3.05, 3.63) is 17.8 Å². The van der Waals surface area contributed by atoms with Crippen LogP contribution in [0.1, 0.15) is 23.8 Å². The van der Waals surface area contributed by atoms with Crippen LogP contribution in [0, 0.1) is 0 Å². The van der Waals surface area contributed by atoms with Crippen LogP contribution in [0.15, 0.2) is 12.1 Å². The molecule has 3 N–H and O–H groups in total. The minimum absolute atomic E-state index is 0.114. The molecule has 0 amide bonds. The van der Waals surface area contributed by atoms with E-state index in [9.17, 15) is 9.90 Å². The van der Waals surface area contributed by atoms with Gasteiger partial charge in [-0.05, 0) is 19.1 Å². The number of hydrogen-bond acceptors (Lipinski definition) is 6. The molecule has 1 aliphatic rings. The number of aromatic nitrogens is 2. The Hall–Kier alpha value is -1.73. The molecular weight excluding hydrogens is 238 g/mol. The highest BCUT2D eigenvalue weighted by Crippen LogP contribution is 2.25. The Morgan fingerprint density at radius 1 is 1.61 bits per heavy atom. The molecule has 18 heavy (non-hydrogen) atoms. The van der Waals surface area contributed by atoms with Crippen LogP contribution < -0.4 is 5.32 Å². The van der Waals surface area contributed by atoms with E-state index >= 15 is 0 Å². The van der Waals surface area contributed by atoms with Crippen molar-refractivity contribution in [1.82, 2.24) is 10.2 Å². The number of anilines is 1. The number of carboxylic acids is 1. The molecular formula is C11H15N3O4. The molecule has 7 nitrogen and oxygen atoms in total. The van der Waals surface area contributed by atoms with Crippen LogP contribution in [0.2, 0.25) is 0 Å². The van der Waals surface area contributed by atoms with Gasteiger partial charge in [-0.3, -0.25) is 0 Å². The quantitative estimate of drug-likeness (QED) is 0.700. The summed E-state index contributed by atoms with van der Waals surface area (Å²) in [6, 6.07) is 2.87. The summed E-state index contributed by atoms with van der Waals surface area (Å²) < 4.78 is 5.30. The maximum Gasteiger partial charge on any atom is 0.356 e. The summed E-state index contributed by atoms with van der Waals surface area (Å²) in [4.78, 5) is 10.6. The molecule has 1 aromatic heterocycles. The second kappa shape index (κ2) is 4.87. The molecule has 0 aromatic carbocycles. The highest BCUT2D eigenvalue weighted by molar-refractivity contribution is 5.85. The molecule has 1 fully saturated rings. The Balaban J connectivity index is 1.96. The summed E-state index contributed by atoms with van der Waals surface area (Å²) >= 11 is 0. The number of carboxylic acid groups (broad SMARTS) is 1. The predicted molar refractivity (Wildman–Crippen MR) is 62.5 cm³/mol. The summed E-state index contributed by atoms with van der Waals surface area (Å²) in [5.74, 6) is -0.696. The third-order valence-corrected chi connectivity index (χ3v) is 3.12. The molecule has 2 heterocycles. The lowest BCUT2D eigenvalue weighted by Crippen LogP contribution is -2.43. The van der Waals surface area contributed by atoms with Crippen LogP contribution in [0.3, 0.4) is 0 Å². The zero-order valence-electron chi connectivity index (χ0n) is 9.96. The van der Waals surface area contributed by atoms with E-state index in [-0.39, 0.29) is 18.3 Å². The first-order valence-corrected chi connectivity index (χ1v) is 5.66. The molecule has 1 aromatic rings. The van der Waals surface area contributed by atoms with Gasteiger partial charge in [0.25, 0.3) is 0 Å². The Labute approximate surface area is 104 Å². The van der Waals surface area contributed by atoms with Gasteiger partial charge >= 0.3 is 5.97 Å². The van der Waals surface area contributed by atoms with Gasteiger partial charge in [-0.1, -0.05) is 0 Å². The monoisotopic (exact) mass is 253 g/mol. The third kappa shape index (κ3) is 2.57. The van der Waals surface area contributed by atoms with E-state index < -0.39 is 11.6 Å². The smallest absolute Gasteiger partial charge is 0.356 e. The van der Waals surface area contributed by atoms with Gasteiger partial charge in [-0.15, -0.1) is 10.2 Å². The van der Waals surface area contributed by atoms with Gasteiger partial charge in [0.2, 0.25) is 0 Å². The lowest BCUT2D eigenvalue weighted by molar-refractivity contribution is -0.0176. The molecule has 2 rings (SSSR count). The number of ether oxygens (including phenoxy) is 1. The summed E-state index contributed by atoms with van der Waals surface area (Å²) in [6.07, 6.45) is 0.318. The zero-order chi connectivity index (χ0) is 13.2. The van der Waals surface area contributed by atoms with Crippen molar-refractivity contribution in [3.63, 3.8) is 0 Å². The Morgan fingerprint density at radius 2 is 2.39 bits per heavy atom. The maximum absolute atomic E-state index is 10.6. The van der Waals surface area contributed by atoms with E-state index in [0.29, 0.717) is 18.8 Å². The van der Waals surface area contributed by atoms with Crippen LogP contribution in [0.4, 0.5) is 5.82 Å². The molecule has 2 atom stereocenters. The lowest BCUT2D eigenvalue weighted by atomic mass is 9.97. The first-order chi connectivity index (χ1) is 8.51. The fourth-order valence-corrected chi connectivity index (χ4v) is 1.79. The lowest BCUT2D eigenvalue weighted by Gasteiger charge is -2.26. The number of hydrogen-bond donors (Lipinski definition) is 3. The third-order valence-electron chi connectivity index (χ3n) is 3.12. The number of rotatable bonds is 4. The highest BCUT2D eigenvalue weighted by Gasteiger charge is 2.39. The van der Waals surface area contributed by atoms with Crippen molar-refractivity contribution in [1.29, 1.82) is 0 Å². The Bertz CT molecular complexity index is 436. The summed E-state index contributed by atoms with van der Waals surface area (Å²) in [7, 11) is 0. The van der Waals surface area contributed by atoms with E-state index in [2.05, 4.69) is 15.5 Å². The second-order valence-electron chi connectivity index (χ2n) is 4.33. The summed E-state index contributed by atoms with van der Waals surface area (Å²) in [5.41, 5.74) is -1.04. The van der Waals surface area contributed by atoms with Crippen molar-refractivity contribution in [3.8, 4) is 0 Å². The van der Waals surface area contributed by atoms with Gasteiger partial charge < -0.3 is 20.3 Å². The average Bonchev–Trinajstić information content (AvgIpc) is 2.68. The van der Waals surface area contributed by atoms with Gasteiger partial charge in [-0.2, -0.15) is 0 Å². The topological polar surface area (TPSA) is 105 Å². The fourth-order valence-electron chi connectivity index (χ4n) is 1.79. The van der Waals surface area contributed by atoms with E-state index in [1.54, 1.807) is 0 Å². The van der Waals surface area contributed by atoms with Gasteiger partial charge in [0.15, 0.2) is 5.69 Å². The maximum atomic E-state index is 10.6.